The molecule has 23 heteroatoms. The Labute approximate surface area is 386 Å². The van der Waals surface area contributed by atoms with E-state index in [1.54, 1.807) is 0 Å². The van der Waals surface area contributed by atoms with E-state index < -0.39 is 172 Å². The summed E-state index contributed by atoms with van der Waals surface area (Å²) in [6.45, 7) is 5.77. The van der Waals surface area contributed by atoms with E-state index in [1.165, 1.54) is 0 Å². The molecule has 384 valence electrons. The minimum Gasteiger partial charge on any atom is -0.432 e. The molecular formula is C44H70O23. The van der Waals surface area contributed by atoms with Crippen LogP contribution in [0.2, 0.25) is 0 Å². The highest BCUT2D eigenvalue weighted by atomic mass is 16.8. The predicted molar refractivity (Wildman–Crippen MR) is 219 cm³/mol. The molecule has 26 atom stereocenters. The molecule has 0 aromatic heterocycles. The Morgan fingerprint density at radius 1 is 0.627 bits per heavy atom. The molecule has 8 aliphatic rings. The zero-order valence-electron chi connectivity index (χ0n) is 37.5. The first-order valence-corrected chi connectivity index (χ1v) is 23.4. The van der Waals surface area contributed by atoms with E-state index in [1.807, 2.05) is 6.92 Å². The lowest BCUT2D eigenvalue weighted by atomic mass is 9.41. The molecule has 4 aliphatic carbocycles. The van der Waals surface area contributed by atoms with Gasteiger partial charge in [-0.1, -0.05) is 19.9 Å². The van der Waals surface area contributed by atoms with Gasteiger partial charge in [0.2, 0.25) is 6.29 Å². The maximum atomic E-state index is 14.5. The molecule has 0 radical (unpaired) electrons. The molecule has 4 saturated carbocycles. The van der Waals surface area contributed by atoms with Crippen molar-refractivity contribution in [3.63, 3.8) is 0 Å². The summed E-state index contributed by atoms with van der Waals surface area (Å²) in [4.78, 5) is 14.5. The van der Waals surface area contributed by atoms with Crippen LogP contribution in [0.25, 0.3) is 0 Å². The number of carbonyl (C=O) groups is 1. The summed E-state index contributed by atoms with van der Waals surface area (Å²) in [5.74, 6) is -2.05. The van der Waals surface area contributed by atoms with Gasteiger partial charge in [-0.3, -0.25) is 4.79 Å². The molecule has 0 aromatic rings. The van der Waals surface area contributed by atoms with Crippen molar-refractivity contribution in [1.82, 2.24) is 0 Å². The van der Waals surface area contributed by atoms with Crippen LogP contribution in [0, 0.1) is 34.0 Å². The number of rotatable bonds is 12. The third-order valence-corrected chi connectivity index (χ3v) is 17.1. The van der Waals surface area contributed by atoms with Gasteiger partial charge < -0.3 is 109 Å². The molecule has 8 fully saturated rings. The molecule has 0 amide bonds. The number of ether oxygens (including phenoxy) is 8. The van der Waals surface area contributed by atoms with Crippen LogP contribution in [-0.2, 0) is 42.7 Å². The van der Waals surface area contributed by atoms with Crippen molar-refractivity contribution in [2.75, 3.05) is 26.4 Å². The van der Waals surface area contributed by atoms with Gasteiger partial charge in [-0.25, -0.2) is 0 Å². The highest BCUT2D eigenvalue weighted by molar-refractivity contribution is 5.77. The molecular weight excluding hydrogens is 896 g/mol. The van der Waals surface area contributed by atoms with Gasteiger partial charge in [-0.05, 0) is 86.5 Å². The predicted octanol–water partition coefficient (Wildman–Crippen LogP) is -4.91. The topological polar surface area (TPSA) is 374 Å². The summed E-state index contributed by atoms with van der Waals surface area (Å²) in [5, 5.41) is 146. The molecule has 14 N–H and O–H groups in total. The quantitative estimate of drug-likeness (QED) is 0.0495. The summed E-state index contributed by atoms with van der Waals surface area (Å²) in [5.41, 5.74) is -2.17. The lowest BCUT2D eigenvalue weighted by Gasteiger charge is -2.64. The highest BCUT2D eigenvalue weighted by Crippen LogP contribution is 2.73. The average Bonchev–Trinajstić information content (AvgIpc) is 3.49. The van der Waals surface area contributed by atoms with Gasteiger partial charge in [0.15, 0.2) is 25.2 Å². The van der Waals surface area contributed by atoms with Crippen LogP contribution < -0.4 is 0 Å². The van der Waals surface area contributed by atoms with Crippen molar-refractivity contribution in [2.45, 2.75) is 194 Å². The van der Waals surface area contributed by atoms with E-state index in [4.69, 9.17) is 37.9 Å². The fourth-order valence-corrected chi connectivity index (χ4v) is 13.4. The summed E-state index contributed by atoms with van der Waals surface area (Å²) in [6, 6.07) is 0. The van der Waals surface area contributed by atoms with Crippen molar-refractivity contribution < 1.29 is 114 Å². The van der Waals surface area contributed by atoms with Crippen LogP contribution in [0.15, 0.2) is 12.2 Å². The Balaban J connectivity index is 0.963. The first kappa shape index (κ1) is 51.7. The number of hydrogen-bond acceptors (Lipinski definition) is 23. The summed E-state index contributed by atoms with van der Waals surface area (Å²) in [7, 11) is 0. The number of aliphatic hydroxyl groups is 14. The van der Waals surface area contributed by atoms with Crippen LogP contribution >= 0.6 is 0 Å². The minimum atomic E-state index is -1.86. The fraction of sp³-hybridized carbons (Fsp3) is 0.932. The lowest BCUT2D eigenvalue weighted by Crippen LogP contribution is -2.65. The molecule has 8 rings (SSSR count). The van der Waals surface area contributed by atoms with Crippen LogP contribution in [-0.4, -0.2) is 226 Å². The van der Waals surface area contributed by atoms with E-state index in [0.717, 1.165) is 12.0 Å². The molecule has 23 nitrogen and oxygen atoms in total. The number of aliphatic hydroxyl groups excluding tert-OH is 14. The minimum absolute atomic E-state index is 0.0473. The van der Waals surface area contributed by atoms with Crippen molar-refractivity contribution >= 4 is 5.97 Å². The Kier molecular flexibility index (Phi) is 15.0. The third-order valence-electron chi connectivity index (χ3n) is 17.1. The zero-order valence-corrected chi connectivity index (χ0v) is 37.5. The first-order chi connectivity index (χ1) is 31.6. The van der Waals surface area contributed by atoms with Crippen LogP contribution in [0.4, 0.5) is 0 Å². The standard InChI is InChI=1S/C44H70O23/c1-17-11-43-9-5-22-41(2,7-4-8-42(22,3)40(59)66-38-33(57)29(53)27(51)21(63-38)15-60-36-18(12-45)24(48)31(55)35(58)65-36)23(43)6-10-44(17,16-43)67-39-34(30(54)26(50)20(14-47)62-39)64-37-32(56)28(52)25(49)19(13-46)61-37/h18-39,45-58H,1,4-16H2,2-3H3/t18-,19+,20+,21+,22?,23?,24-,25+,26+,27+,28-,29-,30-,31+,32+,33+,34+,35+,36+,37-,38-,39-,41+,42-,43+,44-/m1/s1. The summed E-state index contributed by atoms with van der Waals surface area (Å²) in [6.07, 6.45) is -26.3. The normalized spacial score (nSPS) is 54.5. The molecule has 2 unspecified atom stereocenters. The number of fused-ring (bicyclic) bond motifs is 3. The van der Waals surface area contributed by atoms with Crippen LogP contribution in [0.3, 0.4) is 0 Å². The molecule has 67 heavy (non-hydrogen) atoms. The number of hydrogen-bond donors (Lipinski definition) is 14. The van der Waals surface area contributed by atoms with E-state index in [0.29, 0.717) is 51.4 Å². The van der Waals surface area contributed by atoms with Crippen molar-refractivity contribution in [2.24, 2.45) is 34.0 Å². The maximum Gasteiger partial charge on any atom is 0.314 e. The van der Waals surface area contributed by atoms with Crippen LogP contribution in [0.1, 0.15) is 71.6 Å². The Morgan fingerprint density at radius 3 is 1.88 bits per heavy atom. The third kappa shape index (κ3) is 8.73. The first-order valence-electron chi connectivity index (χ1n) is 23.4. The number of esters is 1. The van der Waals surface area contributed by atoms with Gasteiger partial charge in [0.1, 0.15) is 79.4 Å². The molecule has 4 aliphatic heterocycles. The van der Waals surface area contributed by atoms with E-state index in [-0.39, 0.29) is 17.3 Å². The smallest absolute Gasteiger partial charge is 0.314 e. The fourth-order valence-electron chi connectivity index (χ4n) is 13.4. The summed E-state index contributed by atoms with van der Waals surface area (Å²) >= 11 is 0. The van der Waals surface area contributed by atoms with E-state index >= 15 is 0 Å². The zero-order chi connectivity index (χ0) is 48.7. The van der Waals surface area contributed by atoms with E-state index in [2.05, 4.69) is 13.5 Å². The maximum absolute atomic E-state index is 14.5. The average molecular weight is 967 g/mol. The molecule has 4 saturated heterocycles. The molecule has 2 bridgehead atoms. The SMILES string of the molecule is C=C1C[C@]23CCC4[C@](C)(CCC[C@@]4(C)C(=O)O[C@H]4O[C@@H](CO[C@H]5O[C@H](O)[C@@H](O)[C@H](O)[C@H]5CO)[C@H](O)[C@@H](O)[C@@H]4O)C2CC[C@@]1(O[C@H]1O[C@@H](CO)[C@H](O)[C@@H](O)[C@@H]1O[C@H]1O[C@@H](CO)[C@H](O)[C@@H](O)[C@@H]1O)C3. The van der Waals surface area contributed by atoms with Gasteiger partial charge >= 0.3 is 5.97 Å². The van der Waals surface area contributed by atoms with Crippen molar-refractivity contribution in [1.29, 1.82) is 0 Å². The van der Waals surface area contributed by atoms with E-state index in [9.17, 15) is 76.3 Å². The van der Waals surface area contributed by atoms with Gasteiger partial charge in [0.25, 0.3) is 0 Å². The highest BCUT2D eigenvalue weighted by Gasteiger charge is 2.69. The Bertz CT molecular complexity index is 1760. The van der Waals surface area contributed by atoms with Gasteiger partial charge in [0, 0.05) is 0 Å². The largest absolute Gasteiger partial charge is 0.432 e. The Morgan fingerprint density at radius 2 is 1.22 bits per heavy atom. The van der Waals surface area contributed by atoms with Crippen molar-refractivity contribution in [3.8, 4) is 0 Å². The second-order valence-electron chi connectivity index (χ2n) is 20.9. The molecule has 1 spiro atoms. The van der Waals surface area contributed by atoms with Gasteiger partial charge in [0.05, 0.1) is 49.5 Å². The van der Waals surface area contributed by atoms with Crippen molar-refractivity contribution in [3.05, 3.63) is 12.2 Å². The van der Waals surface area contributed by atoms with Gasteiger partial charge in [-0.2, -0.15) is 0 Å². The molecule has 0 aromatic carbocycles. The monoisotopic (exact) mass is 966 g/mol. The summed E-state index contributed by atoms with van der Waals surface area (Å²) < 4.78 is 46.9. The van der Waals surface area contributed by atoms with Crippen LogP contribution in [0.5, 0.6) is 0 Å². The molecule has 4 heterocycles. The number of carbonyl (C=O) groups excluding carboxylic acids is 1. The van der Waals surface area contributed by atoms with Gasteiger partial charge in [-0.15, -0.1) is 0 Å². The lowest BCUT2D eigenvalue weighted by molar-refractivity contribution is -0.378. The second-order valence-corrected chi connectivity index (χ2v) is 20.9. The second kappa shape index (κ2) is 19.4. The Hall–Kier alpha value is -1.63.